The van der Waals surface area contributed by atoms with E-state index in [0.717, 1.165) is 48.6 Å². The van der Waals surface area contributed by atoms with Crippen LogP contribution in [0.5, 0.6) is 0 Å². The zero-order chi connectivity index (χ0) is 19.0. The Labute approximate surface area is 158 Å². The number of fused-ring (bicyclic) bond motifs is 1. The molecule has 6 nitrogen and oxygen atoms in total. The Morgan fingerprint density at radius 3 is 2.81 bits per heavy atom. The Bertz CT molecular complexity index is 921. The van der Waals surface area contributed by atoms with Crippen LogP contribution in [0.1, 0.15) is 36.5 Å². The number of hydrogen-bond donors (Lipinski definition) is 0. The van der Waals surface area contributed by atoms with Crippen molar-refractivity contribution in [3.8, 4) is 0 Å². The van der Waals surface area contributed by atoms with Crippen molar-refractivity contribution in [2.75, 3.05) is 37.0 Å². The summed E-state index contributed by atoms with van der Waals surface area (Å²) in [6.07, 6.45) is 7.71. The van der Waals surface area contributed by atoms with Crippen molar-refractivity contribution < 1.29 is 4.39 Å². The quantitative estimate of drug-likeness (QED) is 0.782. The van der Waals surface area contributed by atoms with Crippen molar-refractivity contribution >= 4 is 17.2 Å². The minimum Gasteiger partial charge on any atom is -0.377 e. The monoisotopic (exact) mass is 366 g/mol. The number of dihydropyridines is 1. The fraction of sp³-hybridized carbons (Fsp3) is 0.400. The van der Waals surface area contributed by atoms with Crippen molar-refractivity contribution in [3.63, 3.8) is 0 Å². The summed E-state index contributed by atoms with van der Waals surface area (Å²) in [5.41, 5.74) is 3.74. The molecular weight excluding hydrogens is 343 g/mol. The number of anilines is 2. The van der Waals surface area contributed by atoms with Crippen molar-refractivity contribution in [3.05, 3.63) is 53.5 Å². The molecule has 0 radical (unpaired) electrons. The van der Waals surface area contributed by atoms with Crippen LogP contribution in [-0.2, 0) is 6.42 Å². The van der Waals surface area contributed by atoms with Crippen LogP contribution < -0.4 is 9.80 Å². The maximum absolute atomic E-state index is 14.0. The molecule has 27 heavy (non-hydrogen) atoms. The van der Waals surface area contributed by atoms with Crippen molar-refractivity contribution in [2.45, 2.75) is 25.8 Å². The summed E-state index contributed by atoms with van der Waals surface area (Å²) in [5.74, 6) is 0.854. The van der Waals surface area contributed by atoms with Crippen LogP contribution in [0, 0.1) is 5.95 Å². The van der Waals surface area contributed by atoms with Crippen molar-refractivity contribution in [2.24, 2.45) is 4.99 Å². The summed E-state index contributed by atoms with van der Waals surface area (Å²) >= 11 is 0. The van der Waals surface area contributed by atoms with E-state index in [-0.39, 0.29) is 6.04 Å². The number of halogens is 1. The maximum Gasteiger partial charge on any atom is 0.216 e. The SMILES string of the molecule is CC1c2cnc(C3=NCCC=C3)nc2CCN1c1cc(N(C)C)cc(F)n1. The molecule has 0 saturated heterocycles. The maximum atomic E-state index is 14.0. The van der Waals surface area contributed by atoms with E-state index in [4.69, 9.17) is 4.98 Å². The molecule has 0 aromatic carbocycles. The summed E-state index contributed by atoms with van der Waals surface area (Å²) in [6.45, 7) is 3.60. The highest BCUT2D eigenvalue weighted by atomic mass is 19.1. The molecule has 7 heteroatoms. The molecule has 140 valence electrons. The van der Waals surface area contributed by atoms with Crippen LogP contribution in [0.4, 0.5) is 15.9 Å². The molecule has 0 spiro atoms. The number of aromatic nitrogens is 3. The molecule has 4 heterocycles. The van der Waals surface area contributed by atoms with Gasteiger partial charge in [-0.05, 0) is 19.4 Å². The predicted molar refractivity (Wildman–Crippen MR) is 105 cm³/mol. The molecule has 0 saturated carbocycles. The number of rotatable bonds is 3. The highest BCUT2D eigenvalue weighted by molar-refractivity contribution is 6.06. The molecule has 0 aliphatic carbocycles. The third-order valence-electron chi connectivity index (χ3n) is 5.07. The van der Waals surface area contributed by atoms with Gasteiger partial charge in [0.1, 0.15) is 11.5 Å². The highest BCUT2D eigenvalue weighted by Gasteiger charge is 2.27. The second kappa shape index (κ2) is 7.06. The van der Waals surface area contributed by atoms with Gasteiger partial charge in [-0.3, -0.25) is 4.99 Å². The second-order valence-corrected chi connectivity index (χ2v) is 7.07. The molecule has 0 amide bonds. The Morgan fingerprint density at radius 2 is 2.07 bits per heavy atom. The normalized spacial score (nSPS) is 18.9. The molecular formula is C20H23FN6. The largest absolute Gasteiger partial charge is 0.377 e. The van der Waals surface area contributed by atoms with Gasteiger partial charge in [-0.1, -0.05) is 6.08 Å². The zero-order valence-corrected chi connectivity index (χ0v) is 15.9. The summed E-state index contributed by atoms with van der Waals surface area (Å²) in [4.78, 5) is 21.9. The van der Waals surface area contributed by atoms with E-state index in [9.17, 15) is 4.39 Å². The van der Waals surface area contributed by atoms with Gasteiger partial charge < -0.3 is 9.80 Å². The zero-order valence-electron chi connectivity index (χ0n) is 15.9. The first-order valence-electron chi connectivity index (χ1n) is 9.21. The van der Waals surface area contributed by atoms with Crippen molar-refractivity contribution in [1.82, 2.24) is 15.0 Å². The number of hydrogen-bond acceptors (Lipinski definition) is 6. The van der Waals surface area contributed by atoms with Crippen LogP contribution >= 0.6 is 0 Å². The Hall–Kier alpha value is -2.83. The molecule has 2 aromatic rings. The molecule has 2 aliphatic heterocycles. The Kier molecular flexibility index (Phi) is 4.59. The first-order valence-corrected chi connectivity index (χ1v) is 9.21. The smallest absolute Gasteiger partial charge is 0.216 e. The minimum atomic E-state index is -0.470. The topological polar surface area (TPSA) is 57.5 Å². The van der Waals surface area contributed by atoms with E-state index < -0.39 is 5.95 Å². The van der Waals surface area contributed by atoms with Crippen LogP contribution in [-0.4, -0.2) is 47.8 Å². The minimum absolute atomic E-state index is 0.0240. The molecule has 0 N–H and O–H groups in total. The van der Waals surface area contributed by atoms with E-state index in [1.807, 2.05) is 37.3 Å². The van der Waals surface area contributed by atoms with E-state index >= 15 is 0 Å². The van der Waals surface area contributed by atoms with Gasteiger partial charge in [0.25, 0.3) is 0 Å². The lowest BCUT2D eigenvalue weighted by Crippen LogP contribution is -2.36. The molecule has 2 aliphatic rings. The van der Waals surface area contributed by atoms with Gasteiger partial charge in [-0.15, -0.1) is 0 Å². The number of aliphatic imine (C=N–C) groups is 1. The van der Waals surface area contributed by atoms with Crippen LogP contribution in [0.2, 0.25) is 0 Å². The number of nitrogens with zero attached hydrogens (tertiary/aromatic N) is 6. The molecule has 4 rings (SSSR count). The lowest BCUT2D eigenvalue weighted by Gasteiger charge is -2.35. The van der Waals surface area contributed by atoms with Gasteiger partial charge in [-0.25, -0.2) is 15.0 Å². The molecule has 2 aromatic heterocycles. The average molecular weight is 366 g/mol. The van der Waals surface area contributed by atoms with Crippen molar-refractivity contribution in [1.29, 1.82) is 0 Å². The number of pyridine rings is 1. The van der Waals surface area contributed by atoms with Gasteiger partial charge in [0.15, 0.2) is 5.82 Å². The van der Waals surface area contributed by atoms with Gasteiger partial charge in [0.05, 0.1) is 11.7 Å². The molecule has 1 atom stereocenters. The first-order chi connectivity index (χ1) is 13.0. The van der Waals surface area contributed by atoms with Gasteiger partial charge in [0, 0.05) is 63.2 Å². The van der Waals surface area contributed by atoms with Gasteiger partial charge in [0.2, 0.25) is 5.95 Å². The standard InChI is InChI=1S/C20H23FN6/c1-13-15-12-23-20(17-6-4-5-8-22-17)24-16(15)7-9-27(13)19-11-14(26(2)3)10-18(21)25-19/h4,6,10-13H,5,7-9H2,1-3H3. The highest BCUT2D eigenvalue weighted by Crippen LogP contribution is 2.33. The average Bonchev–Trinajstić information content (AvgIpc) is 2.68. The Morgan fingerprint density at radius 1 is 1.22 bits per heavy atom. The van der Waals surface area contributed by atoms with E-state index in [0.29, 0.717) is 11.6 Å². The summed E-state index contributed by atoms with van der Waals surface area (Å²) in [6, 6.07) is 3.39. The van der Waals surface area contributed by atoms with Crippen LogP contribution in [0.3, 0.4) is 0 Å². The summed E-state index contributed by atoms with van der Waals surface area (Å²) in [5, 5.41) is 0. The Balaban J connectivity index is 1.65. The van der Waals surface area contributed by atoms with Gasteiger partial charge >= 0.3 is 0 Å². The second-order valence-electron chi connectivity index (χ2n) is 7.07. The summed E-state index contributed by atoms with van der Waals surface area (Å²) < 4.78 is 14.0. The van der Waals surface area contributed by atoms with Crippen LogP contribution in [0.25, 0.3) is 0 Å². The summed E-state index contributed by atoms with van der Waals surface area (Å²) in [7, 11) is 3.79. The first kappa shape index (κ1) is 17.6. The van der Waals surface area contributed by atoms with E-state index in [1.165, 1.54) is 6.07 Å². The van der Waals surface area contributed by atoms with Gasteiger partial charge in [-0.2, -0.15) is 4.39 Å². The van der Waals surface area contributed by atoms with Crippen LogP contribution in [0.15, 0.2) is 35.5 Å². The van der Waals surface area contributed by atoms with E-state index in [1.54, 1.807) is 0 Å². The lowest BCUT2D eigenvalue weighted by atomic mass is 9.99. The predicted octanol–water partition coefficient (Wildman–Crippen LogP) is 2.95. The third kappa shape index (κ3) is 3.41. The molecule has 1 unspecified atom stereocenters. The molecule has 0 bridgehead atoms. The fourth-order valence-corrected chi connectivity index (χ4v) is 3.53. The fourth-order valence-electron chi connectivity index (χ4n) is 3.53. The number of allylic oxidation sites excluding steroid dienone is 1. The third-order valence-corrected chi connectivity index (χ3v) is 5.07. The molecule has 0 fully saturated rings. The lowest BCUT2D eigenvalue weighted by molar-refractivity contribution is 0.562. The van der Waals surface area contributed by atoms with E-state index in [2.05, 4.69) is 32.9 Å².